The lowest BCUT2D eigenvalue weighted by atomic mass is 9.95. The molecule has 2 aromatic rings. The van der Waals surface area contributed by atoms with Crippen molar-refractivity contribution in [3.8, 4) is 0 Å². The Hall–Kier alpha value is -1.32. The molecule has 1 unspecified atom stereocenters. The van der Waals surface area contributed by atoms with E-state index in [0.29, 0.717) is 5.02 Å². The minimum Gasteiger partial charge on any atom is -0.305 e. The molecule has 0 aliphatic carbocycles. The average molecular weight is 292 g/mol. The molecule has 20 heavy (non-hydrogen) atoms. The summed E-state index contributed by atoms with van der Waals surface area (Å²) in [7, 11) is 1.94. The van der Waals surface area contributed by atoms with Crippen molar-refractivity contribution in [2.45, 2.75) is 33.2 Å². The van der Waals surface area contributed by atoms with E-state index in [1.807, 2.05) is 11.7 Å². The maximum atomic E-state index is 6.34. The van der Waals surface area contributed by atoms with E-state index in [9.17, 15) is 0 Å². The van der Waals surface area contributed by atoms with Gasteiger partial charge in [0.05, 0.1) is 23.0 Å². The summed E-state index contributed by atoms with van der Waals surface area (Å²) in [6, 6.07) is 6.48. The molecule has 0 spiro atoms. The Kier molecular flexibility index (Phi) is 4.84. The summed E-state index contributed by atoms with van der Waals surface area (Å²) in [5, 5.41) is 8.57. The van der Waals surface area contributed by atoms with Crippen LogP contribution >= 0.6 is 11.6 Å². The van der Waals surface area contributed by atoms with Gasteiger partial charge >= 0.3 is 0 Å². The number of rotatable bonds is 5. The van der Waals surface area contributed by atoms with Crippen LogP contribution in [0, 0.1) is 13.8 Å². The summed E-state index contributed by atoms with van der Waals surface area (Å²) < 4.78 is 1.86. The largest absolute Gasteiger partial charge is 0.305 e. The number of benzene rings is 1. The highest BCUT2D eigenvalue weighted by Gasteiger charge is 2.22. The minimum absolute atomic E-state index is 0.0786. The van der Waals surface area contributed by atoms with Crippen molar-refractivity contribution in [1.29, 1.82) is 0 Å². The molecule has 1 aromatic carbocycles. The Morgan fingerprint density at radius 3 is 2.70 bits per heavy atom. The van der Waals surface area contributed by atoms with Crippen LogP contribution in [0.3, 0.4) is 0 Å². The van der Waals surface area contributed by atoms with Gasteiger partial charge in [0, 0.05) is 7.05 Å². The number of nitrogens with one attached hydrogen (secondary N) is 1. The van der Waals surface area contributed by atoms with E-state index in [1.54, 1.807) is 6.20 Å². The van der Waals surface area contributed by atoms with Gasteiger partial charge in [-0.25, -0.2) is 0 Å². The summed E-state index contributed by atoms with van der Waals surface area (Å²) in [5.41, 5.74) is 4.89. The summed E-state index contributed by atoms with van der Waals surface area (Å²) in [5.74, 6) is 0. The first-order valence-corrected chi connectivity index (χ1v) is 7.41. The lowest BCUT2D eigenvalue weighted by Gasteiger charge is -2.22. The van der Waals surface area contributed by atoms with Crippen molar-refractivity contribution in [1.82, 2.24) is 15.1 Å². The Morgan fingerprint density at radius 2 is 2.10 bits per heavy atom. The molecule has 0 saturated carbocycles. The van der Waals surface area contributed by atoms with Crippen LogP contribution in [0.2, 0.25) is 5.02 Å². The van der Waals surface area contributed by atoms with Gasteiger partial charge in [-0.05, 0) is 43.5 Å². The third-order valence-corrected chi connectivity index (χ3v) is 4.06. The van der Waals surface area contributed by atoms with E-state index in [2.05, 4.69) is 49.4 Å². The van der Waals surface area contributed by atoms with E-state index in [-0.39, 0.29) is 6.04 Å². The van der Waals surface area contributed by atoms with Gasteiger partial charge in [0.15, 0.2) is 0 Å². The molecule has 1 N–H and O–H groups in total. The Balaban J connectivity index is 2.50. The summed E-state index contributed by atoms with van der Waals surface area (Å²) >= 11 is 6.34. The van der Waals surface area contributed by atoms with E-state index in [0.717, 1.165) is 18.7 Å². The number of halogens is 1. The smallest absolute Gasteiger partial charge is 0.0837 e. The maximum absolute atomic E-state index is 6.34. The number of hydrogen-bond donors (Lipinski definition) is 1. The highest BCUT2D eigenvalue weighted by Crippen LogP contribution is 2.30. The topological polar surface area (TPSA) is 29.9 Å². The SMILES string of the molecule is CCCNC(c1cccc(C)c1C)c1c(Cl)cnn1C. The summed E-state index contributed by atoms with van der Waals surface area (Å²) in [4.78, 5) is 0. The van der Waals surface area contributed by atoms with Crippen LogP contribution in [0.25, 0.3) is 0 Å². The highest BCUT2D eigenvalue weighted by atomic mass is 35.5. The molecule has 0 saturated heterocycles. The van der Waals surface area contributed by atoms with E-state index >= 15 is 0 Å². The maximum Gasteiger partial charge on any atom is 0.0837 e. The second-order valence-corrected chi connectivity index (χ2v) is 5.58. The summed E-state index contributed by atoms with van der Waals surface area (Å²) in [6.07, 6.45) is 2.79. The van der Waals surface area contributed by atoms with Gasteiger partial charge < -0.3 is 5.32 Å². The molecule has 1 aromatic heterocycles. The second-order valence-electron chi connectivity index (χ2n) is 5.18. The fourth-order valence-corrected chi connectivity index (χ4v) is 2.75. The van der Waals surface area contributed by atoms with Crippen LogP contribution in [0.5, 0.6) is 0 Å². The molecule has 3 nitrogen and oxygen atoms in total. The number of nitrogens with zero attached hydrogens (tertiary/aromatic N) is 2. The van der Waals surface area contributed by atoms with Crippen molar-refractivity contribution in [2.24, 2.45) is 7.05 Å². The zero-order chi connectivity index (χ0) is 14.7. The number of hydrogen-bond acceptors (Lipinski definition) is 2. The third kappa shape index (κ3) is 2.89. The quantitative estimate of drug-likeness (QED) is 0.908. The number of aryl methyl sites for hydroxylation is 2. The normalized spacial score (nSPS) is 12.7. The van der Waals surface area contributed by atoms with E-state index < -0.39 is 0 Å². The molecule has 4 heteroatoms. The summed E-state index contributed by atoms with van der Waals surface area (Å²) in [6.45, 7) is 7.41. The highest BCUT2D eigenvalue weighted by molar-refractivity contribution is 6.31. The molecular formula is C16H22ClN3. The van der Waals surface area contributed by atoms with Crippen molar-refractivity contribution in [3.63, 3.8) is 0 Å². The van der Waals surface area contributed by atoms with Crippen molar-refractivity contribution in [3.05, 3.63) is 51.8 Å². The molecule has 1 atom stereocenters. The molecule has 2 rings (SSSR count). The van der Waals surface area contributed by atoms with Gasteiger partial charge in [-0.1, -0.05) is 36.7 Å². The average Bonchev–Trinajstić information content (AvgIpc) is 2.75. The molecule has 0 aliphatic heterocycles. The lowest BCUT2D eigenvalue weighted by Crippen LogP contribution is -2.26. The van der Waals surface area contributed by atoms with Gasteiger partial charge in [-0.2, -0.15) is 5.10 Å². The molecular weight excluding hydrogens is 270 g/mol. The van der Waals surface area contributed by atoms with Gasteiger partial charge in [0.2, 0.25) is 0 Å². The van der Waals surface area contributed by atoms with Gasteiger partial charge in [-0.3, -0.25) is 4.68 Å². The van der Waals surface area contributed by atoms with Crippen LogP contribution in [0.15, 0.2) is 24.4 Å². The molecule has 0 bridgehead atoms. The van der Waals surface area contributed by atoms with Gasteiger partial charge in [0.1, 0.15) is 0 Å². The Bertz CT molecular complexity index is 570. The molecule has 0 amide bonds. The molecule has 108 valence electrons. The monoisotopic (exact) mass is 291 g/mol. The van der Waals surface area contributed by atoms with E-state index in [4.69, 9.17) is 11.6 Å². The third-order valence-electron chi connectivity index (χ3n) is 3.77. The minimum atomic E-state index is 0.0786. The van der Waals surface area contributed by atoms with Crippen molar-refractivity contribution < 1.29 is 0 Å². The Labute approximate surface area is 126 Å². The fourth-order valence-electron chi connectivity index (χ4n) is 2.47. The first-order chi connectivity index (χ1) is 9.56. The van der Waals surface area contributed by atoms with Crippen molar-refractivity contribution >= 4 is 11.6 Å². The molecule has 0 aliphatic rings. The van der Waals surface area contributed by atoms with Crippen LogP contribution in [-0.4, -0.2) is 16.3 Å². The number of aromatic nitrogens is 2. The van der Waals surface area contributed by atoms with Crippen LogP contribution in [-0.2, 0) is 7.05 Å². The first kappa shape index (κ1) is 15.1. The molecule has 0 radical (unpaired) electrons. The lowest BCUT2D eigenvalue weighted by molar-refractivity contribution is 0.551. The fraction of sp³-hybridized carbons (Fsp3) is 0.438. The predicted octanol–water partition coefficient (Wildman–Crippen LogP) is 3.78. The second kappa shape index (κ2) is 6.42. The van der Waals surface area contributed by atoms with E-state index in [1.165, 1.54) is 16.7 Å². The Morgan fingerprint density at radius 1 is 1.35 bits per heavy atom. The standard InChI is InChI=1S/C16H22ClN3/c1-5-9-18-15(16-14(17)10-19-20(16)4)13-8-6-7-11(2)12(13)3/h6-8,10,15,18H,5,9H2,1-4H3. The molecule has 1 heterocycles. The van der Waals surface area contributed by atoms with Crippen LogP contribution in [0.4, 0.5) is 0 Å². The van der Waals surface area contributed by atoms with Gasteiger partial charge in [0.25, 0.3) is 0 Å². The van der Waals surface area contributed by atoms with Crippen molar-refractivity contribution in [2.75, 3.05) is 6.54 Å². The van der Waals surface area contributed by atoms with Crippen LogP contribution < -0.4 is 5.32 Å². The predicted molar refractivity (Wildman–Crippen MR) is 84.3 cm³/mol. The molecule has 0 fully saturated rings. The van der Waals surface area contributed by atoms with Gasteiger partial charge in [-0.15, -0.1) is 0 Å². The zero-order valence-electron chi connectivity index (χ0n) is 12.6. The van der Waals surface area contributed by atoms with Crippen LogP contribution in [0.1, 0.15) is 41.8 Å². The first-order valence-electron chi connectivity index (χ1n) is 7.03. The zero-order valence-corrected chi connectivity index (χ0v) is 13.3.